The van der Waals surface area contributed by atoms with E-state index in [1.165, 1.54) is 11.1 Å². The Morgan fingerprint density at radius 3 is 2.95 bits per heavy atom. The van der Waals surface area contributed by atoms with Crippen LogP contribution in [0.3, 0.4) is 0 Å². The van der Waals surface area contributed by atoms with E-state index in [4.69, 9.17) is 15.2 Å². The lowest BCUT2D eigenvalue weighted by atomic mass is 10.1. The van der Waals surface area contributed by atoms with Gasteiger partial charge < -0.3 is 15.2 Å². The van der Waals surface area contributed by atoms with Crippen LogP contribution < -0.4 is 15.2 Å². The summed E-state index contributed by atoms with van der Waals surface area (Å²) in [5.41, 5.74) is 9.09. The highest BCUT2D eigenvalue weighted by molar-refractivity contribution is 5.39. The molecule has 0 saturated heterocycles. The van der Waals surface area contributed by atoms with Crippen molar-refractivity contribution in [3.63, 3.8) is 0 Å². The maximum atomic E-state index is 5.74. The summed E-state index contributed by atoms with van der Waals surface area (Å²) < 4.78 is 11.2. The van der Waals surface area contributed by atoms with Crippen molar-refractivity contribution in [2.45, 2.75) is 19.3 Å². The van der Waals surface area contributed by atoms with Gasteiger partial charge in [0.15, 0.2) is 0 Å². The molecule has 0 fully saturated rings. The zero-order chi connectivity index (χ0) is 14.5. The molecular weight excluding hydrogens is 264 g/mol. The molecule has 1 aromatic carbocycles. The third kappa shape index (κ3) is 3.52. The SMILES string of the molecule is NCCc1ccc(OCCc2ccc3c(c2)CCO3)cn1. The van der Waals surface area contributed by atoms with E-state index in [1.807, 2.05) is 12.1 Å². The minimum Gasteiger partial charge on any atom is -0.493 e. The second-order valence-corrected chi connectivity index (χ2v) is 5.16. The van der Waals surface area contributed by atoms with E-state index >= 15 is 0 Å². The number of nitrogens with zero attached hydrogens (tertiary/aromatic N) is 1. The highest BCUT2D eigenvalue weighted by atomic mass is 16.5. The number of rotatable bonds is 6. The molecule has 2 N–H and O–H groups in total. The minimum absolute atomic E-state index is 0.620. The maximum Gasteiger partial charge on any atom is 0.137 e. The number of benzene rings is 1. The predicted octanol–water partition coefficient (Wildman–Crippen LogP) is 2.14. The van der Waals surface area contributed by atoms with Gasteiger partial charge in [-0.25, -0.2) is 0 Å². The van der Waals surface area contributed by atoms with E-state index in [0.29, 0.717) is 13.2 Å². The molecule has 0 saturated carbocycles. The monoisotopic (exact) mass is 284 g/mol. The second-order valence-electron chi connectivity index (χ2n) is 5.16. The van der Waals surface area contributed by atoms with Crippen molar-refractivity contribution in [1.82, 2.24) is 4.98 Å². The molecule has 110 valence electrons. The molecule has 2 heterocycles. The molecule has 0 bridgehead atoms. The van der Waals surface area contributed by atoms with Gasteiger partial charge in [-0.15, -0.1) is 0 Å². The fraction of sp³-hybridized carbons (Fsp3) is 0.353. The highest BCUT2D eigenvalue weighted by Crippen LogP contribution is 2.26. The molecule has 4 heteroatoms. The molecule has 0 radical (unpaired) electrons. The van der Waals surface area contributed by atoms with Crippen molar-refractivity contribution in [2.24, 2.45) is 5.73 Å². The van der Waals surface area contributed by atoms with Crippen LogP contribution in [0, 0.1) is 0 Å². The summed E-state index contributed by atoms with van der Waals surface area (Å²) in [5, 5.41) is 0. The Balaban J connectivity index is 1.51. The van der Waals surface area contributed by atoms with Gasteiger partial charge in [0.05, 0.1) is 19.4 Å². The van der Waals surface area contributed by atoms with E-state index < -0.39 is 0 Å². The summed E-state index contributed by atoms with van der Waals surface area (Å²) in [7, 11) is 0. The van der Waals surface area contributed by atoms with Gasteiger partial charge >= 0.3 is 0 Å². The lowest BCUT2D eigenvalue weighted by Gasteiger charge is -2.07. The number of hydrogen-bond donors (Lipinski definition) is 1. The Kier molecular flexibility index (Phi) is 4.36. The molecule has 4 nitrogen and oxygen atoms in total. The molecule has 1 aliphatic rings. The van der Waals surface area contributed by atoms with Crippen molar-refractivity contribution < 1.29 is 9.47 Å². The summed E-state index contributed by atoms with van der Waals surface area (Å²) in [6, 6.07) is 10.3. The third-order valence-electron chi connectivity index (χ3n) is 3.61. The third-order valence-corrected chi connectivity index (χ3v) is 3.61. The van der Waals surface area contributed by atoms with Crippen LogP contribution in [0.5, 0.6) is 11.5 Å². The second kappa shape index (κ2) is 6.59. The Hall–Kier alpha value is -2.07. The van der Waals surface area contributed by atoms with Gasteiger partial charge in [-0.2, -0.15) is 0 Å². The summed E-state index contributed by atoms with van der Waals surface area (Å²) >= 11 is 0. The normalized spacial score (nSPS) is 12.8. The molecule has 0 atom stereocenters. The Labute approximate surface area is 124 Å². The molecule has 0 amide bonds. The minimum atomic E-state index is 0.620. The first kappa shape index (κ1) is 13.9. The number of nitrogens with two attached hydrogens (primary N) is 1. The van der Waals surface area contributed by atoms with Crippen LogP contribution in [0.25, 0.3) is 0 Å². The summed E-state index contributed by atoms with van der Waals surface area (Å²) in [6.07, 6.45) is 4.47. The van der Waals surface area contributed by atoms with Gasteiger partial charge in [0, 0.05) is 25.0 Å². The van der Waals surface area contributed by atoms with Crippen molar-refractivity contribution in [1.29, 1.82) is 0 Å². The lowest BCUT2D eigenvalue weighted by Crippen LogP contribution is -2.05. The van der Waals surface area contributed by atoms with E-state index in [1.54, 1.807) is 6.20 Å². The summed E-state index contributed by atoms with van der Waals surface area (Å²) in [5.74, 6) is 1.83. The Morgan fingerprint density at radius 2 is 2.14 bits per heavy atom. The first-order valence-electron chi connectivity index (χ1n) is 7.37. The van der Waals surface area contributed by atoms with Gasteiger partial charge in [0.2, 0.25) is 0 Å². The molecule has 21 heavy (non-hydrogen) atoms. The van der Waals surface area contributed by atoms with Crippen LogP contribution in [0.1, 0.15) is 16.8 Å². The number of aromatic nitrogens is 1. The average molecular weight is 284 g/mol. The lowest BCUT2D eigenvalue weighted by molar-refractivity contribution is 0.320. The van der Waals surface area contributed by atoms with Crippen LogP contribution in [0.2, 0.25) is 0 Å². The maximum absolute atomic E-state index is 5.74. The van der Waals surface area contributed by atoms with Crippen molar-refractivity contribution >= 4 is 0 Å². The molecule has 2 aromatic rings. The first-order chi connectivity index (χ1) is 10.3. The fourth-order valence-electron chi connectivity index (χ4n) is 2.47. The van der Waals surface area contributed by atoms with Gasteiger partial charge in [-0.05, 0) is 35.9 Å². The average Bonchev–Trinajstić information content (AvgIpc) is 2.97. The zero-order valence-electron chi connectivity index (χ0n) is 12.0. The molecular formula is C17H20N2O2. The standard InChI is InChI=1S/C17H20N2O2/c18-8-5-15-2-3-16(12-19-15)20-9-6-13-1-4-17-14(11-13)7-10-21-17/h1-4,11-12H,5-10,18H2. The smallest absolute Gasteiger partial charge is 0.137 e. The first-order valence-corrected chi connectivity index (χ1v) is 7.37. The number of hydrogen-bond acceptors (Lipinski definition) is 4. The van der Waals surface area contributed by atoms with Crippen molar-refractivity contribution in [2.75, 3.05) is 19.8 Å². The number of pyridine rings is 1. The molecule has 0 unspecified atom stereocenters. The van der Waals surface area contributed by atoms with Gasteiger partial charge in [0.1, 0.15) is 11.5 Å². The van der Waals surface area contributed by atoms with Crippen molar-refractivity contribution in [3.05, 3.63) is 53.3 Å². The molecule has 0 aliphatic carbocycles. The van der Waals surface area contributed by atoms with Gasteiger partial charge in [0.25, 0.3) is 0 Å². The van der Waals surface area contributed by atoms with Crippen LogP contribution in [-0.2, 0) is 19.3 Å². The molecule has 3 rings (SSSR count). The van der Waals surface area contributed by atoms with Crippen LogP contribution >= 0.6 is 0 Å². The van der Waals surface area contributed by atoms with Crippen LogP contribution in [0.4, 0.5) is 0 Å². The van der Waals surface area contributed by atoms with E-state index in [2.05, 4.69) is 23.2 Å². The molecule has 1 aromatic heterocycles. The fourth-order valence-corrected chi connectivity index (χ4v) is 2.47. The van der Waals surface area contributed by atoms with Crippen LogP contribution in [0.15, 0.2) is 36.5 Å². The zero-order valence-corrected chi connectivity index (χ0v) is 12.0. The molecule has 0 spiro atoms. The summed E-state index contributed by atoms with van der Waals surface area (Å²) in [4.78, 5) is 4.32. The number of fused-ring (bicyclic) bond motifs is 1. The van der Waals surface area contributed by atoms with E-state index in [9.17, 15) is 0 Å². The van der Waals surface area contributed by atoms with Gasteiger partial charge in [-0.1, -0.05) is 12.1 Å². The largest absolute Gasteiger partial charge is 0.493 e. The predicted molar refractivity (Wildman–Crippen MR) is 81.8 cm³/mol. The van der Waals surface area contributed by atoms with Crippen molar-refractivity contribution in [3.8, 4) is 11.5 Å². The topological polar surface area (TPSA) is 57.4 Å². The molecule has 1 aliphatic heterocycles. The van der Waals surface area contributed by atoms with E-state index in [-0.39, 0.29) is 0 Å². The summed E-state index contributed by atoms with van der Waals surface area (Å²) in [6.45, 7) is 2.07. The number of ether oxygens (including phenoxy) is 2. The Morgan fingerprint density at radius 1 is 1.19 bits per heavy atom. The Bertz CT molecular complexity index is 596. The van der Waals surface area contributed by atoms with E-state index in [0.717, 1.165) is 43.1 Å². The van der Waals surface area contributed by atoms with Crippen LogP contribution in [-0.4, -0.2) is 24.7 Å². The highest BCUT2D eigenvalue weighted by Gasteiger charge is 2.11. The van der Waals surface area contributed by atoms with Gasteiger partial charge in [-0.3, -0.25) is 4.98 Å². The quantitative estimate of drug-likeness (QED) is 0.883.